The third-order valence-electron chi connectivity index (χ3n) is 0.987. The average molecular weight is 137 g/mol. The first-order valence-corrected chi connectivity index (χ1v) is 2.80. The largest absolute Gasteiger partial charge is 0.411 e. The highest BCUT2D eigenvalue weighted by molar-refractivity contribution is 5.73. The van der Waals surface area contributed by atoms with Crippen molar-refractivity contribution in [3.8, 4) is 0 Å². The Balaban J connectivity index is 2.95. The lowest BCUT2D eigenvalue weighted by Gasteiger charge is -1.90. The van der Waals surface area contributed by atoms with Crippen LogP contribution in [-0.4, -0.2) is 21.4 Å². The molecule has 0 radical (unpaired) electrons. The Morgan fingerprint density at radius 1 is 1.70 bits per heavy atom. The van der Waals surface area contributed by atoms with Crippen LogP contribution in [0.15, 0.2) is 17.4 Å². The van der Waals surface area contributed by atoms with Crippen LogP contribution in [0.4, 0.5) is 0 Å². The summed E-state index contributed by atoms with van der Waals surface area (Å²) in [6, 6.07) is 1.77. The molecule has 0 aliphatic rings. The van der Waals surface area contributed by atoms with Gasteiger partial charge in [-0.15, -0.1) is 0 Å². The van der Waals surface area contributed by atoms with Crippen LogP contribution in [0.2, 0.25) is 0 Å². The lowest BCUT2D eigenvalue weighted by Crippen LogP contribution is -1.93. The quantitative estimate of drug-likeness (QED) is 0.350. The van der Waals surface area contributed by atoms with Crippen LogP contribution in [0.25, 0.3) is 0 Å². The molecule has 0 aliphatic heterocycles. The molecule has 4 heteroatoms. The molecule has 0 atom stereocenters. The maximum absolute atomic E-state index is 8.10. The Labute approximate surface area is 58.2 Å². The molecule has 0 unspecified atom stereocenters. The second kappa shape index (κ2) is 2.91. The molecule has 0 aliphatic carbocycles. The zero-order valence-corrected chi connectivity index (χ0v) is 5.52. The molecule has 4 nitrogen and oxygen atoms in total. The Morgan fingerprint density at radius 2 is 2.50 bits per heavy atom. The molecule has 0 spiro atoms. The van der Waals surface area contributed by atoms with Gasteiger partial charge in [-0.3, -0.25) is 0 Å². The van der Waals surface area contributed by atoms with E-state index >= 15 is 0 Å². The van der Waals surface area contributed by atoms with E-state index in [1.54, 1.807) is 12.3 Å². The number of hydrogen-bond donors (Lipinski definition) is 1. The highest BCUT2D eigenvalue weighted by atomic mass is 16.4. The maximum Gasteiger partial charge on any atom is 0.174 e. The van der Waals surface area contributed by atoms with E-state index in [9.17, 15) is 0 Å². The maximum atomic E-state index is 8.10. The van der Waals surface area contributed by atoms with Gasteiger partial charge in [-0.2, -0.15) is 0 Å². The smallest absolute Gasteiger partial charge is 0.174 e. The zero-order chi connectivity index (χ0) is 7.40. The second-order valence-electron chi connectivity index (χ2n) is 1.80. The second-order valence-corrected chi connectivity index (χ2v) is 1.80. The predicted molar refractivity (Wildman–Crippen MR) is 36.1 cm³/mol. The number of aromatic nitrogens is 2. The molecule has 1 aromatic heterocycles. The van der Waals surface area contributed by atoms with E-state index < -0.39 is 0 Å². The van der Waals surface area contributed by atoms with Gasteiger partial charge in [-0.05, 0) is 13.0 Å². The summed E-state index contributed by atoms with van der Waals surface area (Å²) in [5.74, 6) is 0.419. The Morgan fingerprint density at radius 3 is 3.10 bits per heavy atom. The average Bonchev–Trinajstić information content (AvgIpc) is 1.88. The minimum absolute atomic E-state index is 0.419. The van der Waals surface area contributed by atoms with Crippen molar-refractivity contribution < 1.29 is 5.21 Å². The first kappa shape index (κ1) is 6.67. The topological polar surface area (TPSA) is 58.4 Å². The van der Waals surface area contributed by atoms with Crippen molar-refractivity contribution in [3.05, 3.63) is 23.8 Å². The van der Waals surface area contributed by atoms with Crippen LogP contribution < -0.4 is 0 Å². The molecule has 0 amide bonds. The zero-order valence-electron chi connectivity index (χ0n) is 5.52. The van der Waals surface area contributed by atoms with E-state index in [1.165, 1.54) is 6.21 Å². The Hall–Kier alpha value is -1.45. The van der Waals surface area contributed by atoms with Crippen LogP contribution >= 0.6 is 0 Å². The number of aryl methyl sites for hydroxylation is 1. The van der Waals surface area contributed by atoms with Gasteiger partial charge < -0.3 is 5.21 Å². The number of oxime groups is 1. The van der Waals surface area contributed by atoms with Gasteiger partial charge >= 0.3 is 0 Å². The highest BCUT2D eigenvalue weighted by Gasteiger charge is 1.89. The van der Waals surface area contributed by atoms with Crippen molar-refractivity contribution >= 4 is 6.21 Å². The summed E-state index contributed by atoms with van der Waals surface area (Å²) in [6.45, 7) is 1.84. The van der Waals surface area contributed by atoms with Gasteiger partial charge in [-0.25, -0.2) is 9.97 Å². The van der Waals surface area contributed by atoms with E-state index in [0.717, 1.165) is 5.69 Å². The van der Waals surface area contributed by atoms with Gasteiger partial charge in [0.1, 0.15) is 6.21 Å². The van der Waals surface area contributed by atoms with Crippen molar-refractivity contribution in [2.24, 2.45) is 5.16 Å². The molecular formula is C6H7N3O. The van der Waals surface area contributed by atoms with Gasteiger partial charge in [0.2, 0.25) is 0 Å². The first-order valence-electron chi connectivity index (χ1n) is 2.80. The molecule has 52 valence electrons. The van der Waals surface area contributed by atoms with Gasteiger partial charge in [0.15, 0.2) is 5.82 Å². The minimum Gasteiger partial charge on any atom is -0.411 e. The summed E-state index contributed by atoms with van der Waals surface area (Å²) in [4.78, 5) is 7.75. The van der Waals surface area contributed by atoms with Crippen molar-refractivity contribution in [1.82, 2.24) is 9.97 Å². The molecule has 1 rings (SSSR count). The van der Waals surface area contributed by atoms with Crippen LogP contribution in [0.3, 0.4) is 0 Å². The normalized spacial score (nSPS) is 10.5. The van der Waals surface area contributed by atoms with E-state index in [2.05, 4.69) is 15.1 Å². The van der Waals surface area contributed by atoms with Crippen LogP contribution in [-0.2, 0) is 0 Å². The van der Waals surface area contributed by atoms with Crippen molar-refractivity contribution in [1.29, 1.82) is 0 Å². The van der Waals surface area contributed by atoms with E-state index in [-0.39, 0.29) is 0 Å². The van der Waals surface area contributed by atoms with E-state index in [1.807, 2.05) is 6.92 Å². The third kappa shape index (κ3) is 1.51. The summed E-state index contributed by atoms with van der Waals surface area (Å²) >= 11 is 0. The fourth-order valence-corrected chi connectivity index (χ4v) is 0.582. The number of rotatable bonds is 1. The molecule has 1 aromatic rings. The third-order valence-corrected chi connectivity index (χ3v) is 0.987. The lowest BCUT2D eigenvalue weighted by molar-refractivity contribution is 0.321. The number of nitrogens with zero attached hydrogens (tertiary/aromatic N) is 3. The lowest BCUT2D eigenvalue weighted by atomic mass is 10.4. The molecule has 0 saturated carbocycles. The fourth-order valence-electron chi connectivity index (χ4n) is 0.582. The molecule has 10 heavy (non-hydrogen) atoms. The van der Waals surface area contributed by atoms with Gasteiger partial charge in [0.05, 0.1) is 0 Å². The molecular weight excluding hydrogens is 130 g/mol. The number of hydrogen-bond acceptors (Lipinski definition) is 4. The molecule has 1 N–H and O–H groups in total. The fraction of sp³-hybridized carbons (Fsp3) is 0.167. The molecule has 0 bridgehead atoms. The van der Waals surface area contributed by atoms with Crippen molar-refractivity contribution in [2.45, 2.75) is 6.92 Å². The molecule has 0 saturated heterocycles. The van der Waals surface area contributed by atoms with Crippen molar-refractivity contribution in [2.75, 3.05) is 0 Å². The van der Waals surface area contributed by atoms with Gasteiger partial charge in [-0.1, -0.05) is 5.16 Å². The van der Waals surface area contributed by atoms with Crippen LogP contribution in [0, 0.1) is 6.92 Å². The van der Waals surface area contributed by atoms with Crippen molar-refractivity contribution in [3.63, 3.8) is 0 Å². The molecule has 1 heterocycles. The summed E-state index contributed by atoms with van der Waals surface area (Å²) in [6.07, 6.45) is 2.80. The van der Waals surface area contributed by atoms with E-state index in [0.29, 0.717) is 5.82 Å². The highest BCUT2D eigenvalue weighted by Crippen LogP contribution is 1.89. The standard InChI is InChI=1S/C6H7N3O/c1-5-2-3-7-6(9-5)4-8-10/h2-4,10H,1H3/b8-4+. The summed E-state index contributed by atoms with van der Waals surface area (Å²) in [7, 11) is 0. The minimum atomic E-state index is 0.419. The van der Waals surface area contributed by atoms with Crippen LogP contribution in [0.1, 0.15) is 11.5 Å². The summed E-state index contributed by atoms with van der Waals surface area (Å²) in [5, 5.41) is 10.9. The summed E-state index contributed by atoms with van der Waals surface area (Å²) < 4.78 is 0. The Bertz CT molecular complexity index is 247. The predicted octanol–water partition coefficient (Wildman–Crippen LogP) is 0.593. The first-order chi connectivity index (χ1) is 4.83. The monoisotopic (exact) mass is 137 g/mol. The molecule has 0 aromatic carbocycles. The molecule has 0 fully saturated rings. The van der Waals surface area contributed by atoms with Gasteiger partial charge in [0, 0.05) is 11.9 Å². The Kier molecular flexibility index (Phi) is 1.94. The van der Waals surface area contributed by atoms with Gasteiger partial charge in [0.25, 0.3) is 0 Å². The summed E-state index contributed by atoms with van der Waals surface area (Å²) in [5.41, 5.74) is 0.852. The van der Waals surface area contributed by atoms with Crippen LogP contribution in [0.5, 0.6) is 0 Å². The van der Waals surface area contributed by atoms with E-state index in [4.69, 9.17) is 5.21 Å². The SMILES string of the molecule is Cc1ccnc(/C=N/O)n1.